The maximum Gasteiger partial charge on any atom is 0.258 e. The minimum Gasteiger partial charge on any atom is -0.455 e. The Labute approximate surface area is 181 Å². The van der Waals surface area contributed by atoms with Gasteiger partial charge in [0.05, 0.1) is 17.5 Å². The molecular weight excluding hydrogens is 392 g/mol. The highest BCUT2D eigenvalue weighted by atomic mass is 16.3. The van der Waals surface area contributed by atoms with Crippen LogP contribution in [0, 0.1) is 6.92 Å². The van der Waals surface area contributed by atoms with Crippen LogP contribution in [0.2, 0.25) is 0 Å². The van der Waals surface area contributed by atoms with Gasteiger partial charge < -0.3 is 14.6 Å². The highest BCUT2D eigenvalue weighted by Gasteiger charge is 2.23. The summed E-state index contributed by atoms with van der Waals surface area (Å²) in [5.74, 6) is -0.0858. The molecule has 1 N–H and O–H groups in total. The van der Waals surface area contributed by atoms with Crippen molar-refractivity contribution in [2.24, 2.45) is 0 Å². The van der Waals surface area contributed by atoms with Crippen molar-refractivity contribution in [3.8, 4) is 11.3 Å². The molecule has 0 fully saturated rings. The van der Waals surface area contributed by atoms with Crippen LogP contribution in [0.25, 0.3) is 22.3 Å². The van der Waals surface area contributed by atoms with E-state index in [4.69, 9.17) is 4.42 Å². The van der Waals surface area contributed by atoms with Crippen molar-refractivity contribution in [1.82, 2.24) is 10.2 Å². The molecule has 0 saturated heterocycles. The van der Waals surface area contributed by atoms with Gasteiger partial charge in [0.2, 0.25) is 5.91 Å². The molecule has 2 aromatic carbocycles. The number of para-hydroxylation sites is 1. The van der Waals surface area contributed by atoms with Crippen LogP contribution in [0.3, 0.4) is 0 Å². The highest BCUT2D eigenvalue weighted by Crippen LogP contribution is 2.27. The number of hydrogen-bond acceptors (Lipinski definition) is 4. The zero-order valence-electron chi connectivity index (χ0n) is 18.2. The van der Waals surface area contributed by atoms with Crippen LogP contribution in [0.15, 0.2) is 57.7 Å². The topological polar surface area (TPSA) is 79.6 Å². The summed E-state index contributed by atoms with van der Waals surface area (Å²) in [6, 6.07) is 14.3. The van der Waals surface area contributed by atoms with Gasteiger partial charge in [-0.3, -0.25) is 14.4 Å². The van der Waals surface area contributed by atoms with E-state index in [1.807, 2.05) is 44.2 Å². The smallest absolute Gasteiger partial charge is 0.258 e. The normalized spacial score (nSPS) is 10.8. The zero-order chi connectivity index (χ0) is 22.4. The summed E-state index contributed by atoms with van der Waals surface area (Å²) in [7, 11) is 0. The number of nitrogens with one attached hydrogen (secondary N) is 1. The second-order valence-corrected chi connectivity index (χ2v) is 7.51. The predicted octanol–water partition coefficient (Wildman–Crippen LogP) is 4.15. The lowest BCUT2D eigenvalue weighted by Crippen LogP contribution is -2.41. The molecule has 3 rings (SSSR count). The third-order valence-electron chi connectivity index (χ3n) is 5.10. The summed E-state index contributed by atoms with van der Waals surface area (Å²) in [6.45, 7) is 6.60. The number of rotatable bonds is 8. The molecule has 0 atom stereocenters. The number of amides is 2. The molecule has 2 amide bonds. The molecular formula is C25H28N2O4. The molecule has 1 heterocycles. The van der Waals surface area contributed by atoms with Crippen molar-refractivity contribution in [3.63, 3.8) is 0 Å². The van der Waals surface area contributed by atoms with Crippen molar-refractivity contribution in [1.29, 1.82) is 0 Å². The molecule has 0 saturated carbocycles. The number of carbonyl (C=O) groups is 2. The van der Waals surface area contributed by atoms with Crippen molar-refractivity contribution < 1.29 is 14.0 Å². The average Bonchev–Trinajstić information content (AvgIpc) is 2.79. The molecule has 1 aromatic heterocycles. The quantitative estimate of drug-likeness (QED) is 0.594. The Bertz CT molecular complexity index is 1140. The molecule has 0 aliphatic heterocycles. The molecule has 0 aliphatic carbocycles. The Morgan fingerprint density at radius 3 is 2.42 bits per heavy atom. The van der Waals surface area contributed by atoms with Crippen LogP contribution < -0.4 is 10.7 Å². The van der Waals surface area contributed by atoms with Crippen LogP contribution in [0.4, 0.5) is 0 Å². The van der Waals surface area contributed by atoms with Crippen molar-refractivity contribution >= 4 is 22.8 Å². The van der Waals surface area contributed by atoms with E-state index in [0.29, 0.717) is 36.2 Å². The summed E-state index contributed by atoms with van der Waals surface area (Å²) in [6.07, 6.45) is 1.53. The van der Waals surface area contributed by atoms with E-state index in [-0.39, 0.29) is 34.9 Å². The van der Waals surface area contributed by atoms with Gasteiger partial charge in [-0.25, -0.2) is 0 Å². The first kappa shape index (κ1) is 22.3. The van der Waals surface area contributed by atoms with Crippen molar-refractivity contribution in [3.05, 3.63) is 69.9 Å². The second-order valence-electron chi connectivity index (χ2n) is 7.51. The van der Waals surface area contributed by atoms with Crippen LogP contribution in [0.5, 0.6) is 0 Å². The largest absolute Gasteiger partial charge is 0.455 e. The van der Waals surface area contributed by atoms with Crippen LogP contribution in [-0.4, -0.2) is 36.3 Å². The maximum atomic E-state index is 13.4. The van der Waals surface area contributed by atoms with E-state index >= 15 is 0 Å². The van der Waals surface area contributed by atoms with Crippen molar-refractivity contribution in [2.45, 2.75) is 33.6 Å². The second kappa shape index (κ2) is 10.1. The van der Waals surface area contributed by atoms with Gasteiger partial charge in [-0.2, -0.15) is 0 Å². The number of nitrogens with zero attached hydrogens (tertiary/aromatic N) is 1. The third kappa shape index (κ3) is 4.85. The van der Waals surface area contributed by atoms with Gasteiger partial charge in [0.1, 0.15) is 5.76 Å². The minimum absolute atomic E-state index is 0.0370. The molecule has 31 heavy (non-hydrogen) atoms. The van der Waals surface area contributed by atoms with Gasteiger partial charge in [-0.15, -0.1) is 0 Å². The molecule has 0 aliphatic rings. The molecule has 0 bridgehead atoms. The predicted molar refractivity (Wildman–Crippen MR) is 122 cm³/mol. The lowest BCUT2D eigenvalue weighted by atomic mass is 10.0. The zero-order valence-corrected chi connectivity index (χ0v) is 18.2. The fraction of sp³-hybridized carbons (Fsp3) is 0.320. The first-order valence-electron chi connectivity index (χ1n) is 10.7. The first-order valence-corrected chi connectivity index (χ1v) is 10.7. The number of hydrogen-bond donors (Lipinski definition) is 1. The maximum absolute atomic E-state index is 13.4. The van der Waals surface area contributed by atoms with Gasteiger partial charge in [0, 0.05) is 24.2 Å². The van der Waals surface area contributed by atoms with Crippen LogP contribution in [-0.2, 0) is 4.79 Å². The molecule has 0 spiro atoms. The van der Waals surface area contributed by atoms with Crippen molar-refractivity contribution in [2.75, 3.05) is 19.6 Å². The SMILES string of the molecule is CCCNC(=O)CN(CCC)C(=O)c1cccc2c(=O)c(C)c(-c3ccccc3)oc12. The third-order valence-corrected chi connectivity index (χ3v) is 5.10. The van der Waals surface area contributed by atoms with E-state index in [9.17, 15) is 14.4 Å². The molecule has 0 unspecified atom stereocenters. The van der Waals surface area contributed by atoms with Gasteiger partial charge in [-0.05, 0) is 31.9 Å². The molecule has 6 heteroatoms. The van der Waals surface area contributed by atoms with Gasteiger partial charge in [0.25, 0.3) is 5.91 Å². The van der Waals surface area contributed by atoms with E-state index < -0.39 is 0 Å². The average molecular weight is 421 g/mol. The monoisotopic (exact) mass is 420 g/mol. The summed E-state index contributed by atoms with van der Waals surface area (Å²) >= 11 is 0. The summed E-state index contributed by atoms with van der Waals surface area (Å²) in [5, 5.41) is 3.16. The first-order chi connectivity index (χ1) is 15.0. The number of benzene rings is 2. The summed E-state index contributed by atoms with van der Waals surface area (Å²) in [5.41, 5.74) is 1.62. The fourth-order valence-electron chi connectivity index (χ4n) is 3.53. The Hall–Kier alpha value is -3.41. The van der Waals surface area contributed by atoms with E-state index in [0.717, 1.165) is 12.0 Å². The van der Waals surface area contributed by atoms with Gasteiger partial charge >= 0.3 is 0 Å². The standard InChI is InChI=1S/C25H28N2O4/c1-4-14-26-21(28)16-27(15-5-2)25(30)20-13-9-12-19-22(29)17(3)23(31-24(19)20)18-10-7-6-8-11-18/h6-13H,4-5,14-16H2,1-3H3,(H,26,28). The van der Waals surface area contributed by atoms with Gasteiger partial charge in [-0.1, -0.05) is 50.2 Å². The van der Waals surface area contributed by atoms with Crippen LogP contribution >= 0.6 is 0 Å². The lowest BCUT2D eigenvalue weighted by Gasteiger charge is -2.22. The lowest BCUT2D eigenvalue weighted by molar-refractivity contribution is -0.121. The molecule has 6 nitrogen and oxygen atoms in total. The van der Waals surface area contributed by atoms with E-state index in [1.165, 1.54) is 4.90 Å². The molecule has 3 aromatic rings. The number of carbonyl (C=O) groups excluding carboxylic acids is 2. The Balaban J connectivity index is 2.08. The Morgan fingerprint density at radius 2 is 1.74 bits per heavy atom. The summed E-state index contributed by atoms with van der Waals surface area (Å²) < 4.78 is 6.16. The van der Waals surface area contributed by atoms with E-state index in [2.05, 4.69) is 5.32 Å². The van der Waals surface area contributed by atoms with E-state index in [1.54, 1.807) is 25.1 Å². The Kier molecular flexibility index (Phi) is 7.23. The number of fused-ring (bicyclic) bond motifs is 1. The summed E-state index contributed by atoms with van der Waals surface area (Å²) in [4.78, 5) is 40.2. The van der Waals surface area contributed by atoms with Crippen LogP contribution in [0.1, 0.15) is 42.6 Å². The fourth-order valence-corrected chi connectivity index (χ4v) is 3.53. The van der Waals surface area contributed by atoms with Gasteiger partial charge in [0.15, 0.2) is 11.0 Å². The highest BCUT2D eigenvalue weighted by molar-refractivity contribution is 6.06. The molecule has 162 valence electrons. The Morgan fingerprint density at radius 1 is 1.00 bits per heavy atom. The minimum atomic E-state index is -0.329. The molecule has 0 radical (unpaired) electrons.